The topological polar surface area (TPSA) is 68.5 Å². The van der Waals surface area contributed by atoms with Crippen molar-refractivity contribution in [2.24, 2.45) is 0 Å². The highest BCUT2D eigenvalue weighted by atomic mass is 35.5. The maximum absolute atomic E-state index is 12.4. The second kappa shape index (κ2) is 8.20. The minimum Gasteiger partial charge on any atom is -0.456 e. The summed E-state index contributed by atoms with van der Waals surface area (Å²) >= 11 is 12.0. The van der Waals surface area contributed by atoms with E-state index in [9.17, 15) is 4.79 Å². The van der Waals surface area contributed by atoms with E-state index in [-0.39, 0.29) is 11.9 Å². The Balaban J connectivity index is 1.35. The predicted molar refractivity (Wildman–Crippen MR) is 107 cm³/mol. The van der Waals surface area contributed by atoms with Crippen LogP contribution in [-0.2, 0) is 4.74 Å². The van der Waals surface area contributed by atoms with Crippen molar-refractivity contribution >= 4 is 35.0 Å². The molecule has 28 heavy (non-hydrogen) atoms. The summed E-state index contributed by atoms with van der Waals surface area (Å²) in [4.78, 5) is 14.5. The molecule has 0 aliphatic carbocycles. The molecule has 1 aromatic carbocycles. The molecule has 4 rings (SSSR count). The van der Waals surface area contributed by atoms with E-state index in [2.05, 4.69) is 15.1 Å². The summed E-state index contributed by atoms with van der Waals surface area (Å²) in [7, 11) is 0. The highest BCUT2D eigenvalue weighted by Crippen LogP contribution is 2.29. The third-order valence-electron chi connectivity index (χ3n) is 4.60. The van der Waals surface area contributed by atoms with Gasteiger partial charge >= 0.3 is 5.97 Å². The second-order valence-electron chi connectivity index (χ2n) is 6.45. The number of carbonyl (C=O) groups is 1. The van der Waals surface area contributed by atoms with Gasteiger partial charge < -0.3 is 14.1 Å². The lowest BCUT2D eigenvalue weighted by atomic mass is 10.1. The molecule has 0 unspecified atom stereocenters. The summed E-state index contributed by atoms with van der Waals surface area (Å²) in [6.45, 7) is 1.44. The first-order valence-electron chi connectivity index (χ1n) is 8.90. The molecule has 0 spiro atoms. The molecule has 0 N–H and O–H groups in total. The Kier molecular flexibility index (Phi) is 5.50. The Morgan fingerprint density at radius 2 is 1.82 bits per heavy atom. The average molecular weight is 418 g/mol. The molecule has 144 valence electrons. The Morgan fingerprint density at radius 3 is 2.54 bits per heavy atom. The SMILES string of the molecule is O=C(OC1CCN(c2ccc(Cl)nn2)CC1)c1ccc(-c2ccccc2Cl)o1. The molecule has 3 heterocycles. The summed E-state index contributed by atoms with van der Waals surface area (Å²) in [5.74, 6) is 1.00. The Morgan fingerprint density at radius 1 is 1.04 bits per heavy atom. The zero-order chi connectivity index (χ0) is 19.5. The van der Waals surface area contributed by atoms with Crippen LogP contribution in [0.15, 0.2) is 52.9 Å². The second-order valence-corrected chi connectivity index (χ2v) is 7.24. The first kappa shape index (κ1) is 18.8. The lowest BCUT2D eigenvalue weighted by Crippen LogP contribution is -2.38. The third-order valence-corrected chi connectivity index (χ3v) is 5.14. The quantitative estimate of drug-likeness (QED) is 0.564. The number of anilines is 1. The third kappa shape index (κ3) is 4.13. The van der Waals surface area contributed by atoms with Gasteiger partial charge in [-0.3, -0.25) is 0 Å². The average Bonchev–Trinajstić information content (AvgIpc) is 3.20. The van der Waals surface area contributed by atoms with E-state index in [1.165, 1.54) is 0 Å². The van der Waals surface area contributed by atoms with Gasteiger partial charge in [0, 0.05) is 31.5 Å². The van der Waals surface area contributed by atoms with Gasteiger partial charge in [0.2, 0.25) is 5.76 Å². The van der Waals surface area contributed by atoms with Crippen molar-refractivity contribution in [1.29, 1.82) is 0 Å². The van der Waals surface area contributed by atoms with Crippen LogP contribution in [0, 0.1) is 0 Å². The first-order valence-corrected chi connectivity index (χ1v) is 9.65. The number of piperidine rings is 1. The minimum atomic E-state index is -0.469. The van der Waals surface area contributed by atoms with Crippen LogP contribution < -0.4 is 4.90 Å². The number of esters is 1. The maximum Gasteiger partial charge on any atom is 0.374 e. The molecule has 3 aromatic rings. The highest BCUT2D eigenvalue weighted by molar-refractivity contribution is 6.33. The van der Waals surface area contributed by atoms with Crippen LogP contribution in [0.1, 0.15) is 23.4 Å². The predicted octanol–water partition coefficient (Wildman–Crippen LogP) is 4.87. The van der Waals surface area contributed by atoms with Gasteiger partial charge in [0.15, 0.2) is 11.0 Å². The fourth-order valence-electron chi connectivity index (χ4n) is 3.14. The fraction of sp³-hybridized carbons (Fsp3) is 0.250. The van der Waals surface area contributed by atoms with E-state index in [1.54, 1.807) is 24.3 Å². The van der Waals surface area contributed by atoms with Crippen LogP contribution in [0.2, 0.25) is 10.2 Å². The number of aromatic nitrogens is 2. The van der Waals surface area contributed by atoms with Crippen molar-refractivity contribution in [3.8, 4) is 11.3 Å². The number of hydrogen-bond acceptors (Lipinski definition) is 6. The standard InChI is InChI=1S/C20H17Cl2N3O3/c21-15-4-2-1-3-14(15)16-5-6-17(28-16)20(26)27-13-9-11-25(12-10-13)19-8-7-18(22)23-24-19/h1-8,13H,9-12H2. The molecule has 0 bridgehead atoms. The van der Waals surface area contributed by atoms with Crippen LogP contribution in [0.3, 0.4) is 0 Å². The number of benzene rings is 1. The molecule has 0 saturated carbocycles. The van der Waals surface area contributed by atoms with Crippen LogP contribution in [0.4, 0.5) is 5.82 Å². The summed E-state index contributed by atoms with van der Waals surface area (Å²) in [5.41, 5.74) is 0.737. The molecule has 0 atom stereocenters. The number of rotatable bonds is 4. The lowest BCUT2D eigenvalue weighted by Gasteiger charge is -2.31. The molecule has 6 nitrogen and oxygen atoms in total. The molecule has 0 amide bonds. The van der Waals surface area contributed by atoms with Crippen molar-refractivity contribution in [3.05, 3.63) is 64.5 Å². The Hall–Kier alpha value is -2.57. The van der Waals surface area contributed by atoms with Crippen molar-refractivity contribution in [3.63, 3.8) is 0 Å². The van der Waals surface area contributed by atoms with Gasteiger partial charge in [-0.25, -0.2) is 4.79 Å². The lowest BCUT2D eigenvalue weighted by molar-refractivity contribution is 0.0211. The molecule has 8 heteroatoms. The van der Waals surface area contributed by atoms with Crippen LogP contribution in [0.25, 0.3) is 11.3 Å². The van der Waals surface area contributed by atoms with Crippen molar-refractivity contribution < 1.29 is 13.9 Å². The minimum absolute atomic E-state index is 0.168. The maximum atomic E-state index is 12.4. The summed E-state index contributed by atoms with van der Waals surface area (Å²) in [6.07, 6.45) is 1.24. The number of furan rings is 1. The molecule has 1 aliphatic heterocycles. The van der Waals surface area contributed by atoms with Gasteiger partial charge in [0.1, 0.15) is 11.9 Å². The molecular weight excluding hydrogens is 401 g/mol. The van der Waals surface area contributed by atoms with E-state index in [1.807, 2.05) is 24.3 Å². The number of halogens is 2. The zero-order valence-electron chi connectivity index (χ0n) is 14.8. The molecule has 0 radical (unpaired) electrons. The summed E-state index contributed by atoms with van der Waals surface area (Å²) in [6, 6.07) is 14.2. The number of ether oxygens (including phenoxy) is 1. The number of hydrogen-bond donors (Lipinski definition) is 0. The van der Waals surface area contributed by atoms with Gasteiger partial charge in [0.05, 0.1) is 5.02 Å². The largest absolute Gasteiger partial charge is 0.456 e. The fourth-order valence-corrected chi connectivity index (χ4v) is 3.47. The molecule has 1 saturated heterocycles. The van der Waals surface area contributed by atoms with Gasteiger partial charge in [-0.05, 0) is 36.4 Å². The van der Waals surface area contributed by atoms with Crippen molar-refractivity contribution in [2.75, 3.05) is 18.0 Å². The molecular formula is C20H17Cl2N3O3. The van der Waals surface area contributed by atoms with Gasteiger partial charge in [0.25, 0.3) is 0 Å². The smallest absolute Gasteiger partial charge is 0.374 e. The van der Waals surface area contributed by atoms with Crippen LogP contribution in [0.5, 0.6) is 0 Å². The van der Waals surface area contributed by atoms with E-state index in [0.717, 1.165) is 24.5 Å². The molecule has 1 aliphatic rings. The number of nitrogens with zero attached hydrogens (tertiary/aromatic N) is 3. The van der Waals surface area contributed by atoms with Crippen molar-refractivity contribution in [1.82, 2.24) is 10.2 Å². The van der Waals surface area contributed by atoms with E-state index < -0.39 is 5.97 Å². The van der Waals surface area contributed by atoms with Gasteiger partial charge in [-0.15, -0.1) is 10.2 Å². The molecule has 1 fully saturated rings. The Labute approximate surface area is 172 Å². The van der Waals surface area contributed by atoms with E-state index in [4.69, 9.17) is 32.4 Å². The van der Waals surface area contributed by atoms with E-state index in [0.29, 0.717) is 28.8 Å². The van der Waals surface area contributed by atoms with E-state index >= 15 is 0 Å². The summed E-state index contributed by atoms with van der Waals surface area (Å²) in [5, 5.41) is 8.87. The van der Waals surface area contributed by atoms with Crippen LogP contribution >= 0.6 is 23.2 Å². The summed E-state index contributed by atoms with van der Waals surface area (Å²) < 4.78 is 11.3. The monoisotopic (exact) mass is 417 g/mol. The zero-order valence-corrected chi connectivity index (χ0v) is 16.4. The highest BCUT2D eigenvalue weighted by Gasteiger charge is 2.25. The van der Waals surface area contributed by atoms with Crippen molar-refractivity contribution in [2.45, 2.75) is 18.9 Å². The normalized spacial score (nSPS) is 14.9. The molecule has 2 aromatic heterocycles. The number of carbonyl (C=O) groups excluding carboxylic acids is 1. The Bertz CT molecular complexity index is 967. The van der Waals surface area contributed by atoms with Gasteiger partial charge in [-0.1, -0.05) is 35.3 Å². The van der Waals surface area contributed by atoms with Crippen LogP contribution in [-0.4, -0.2) is 35.4 Å². The first-order chi connectivity index (χ1) is 13.6. The van der Waals surface area contributed by atoms with Gasteiger partial charge in [-0.2, -0.15) is 0 Å².